The summed E-state index contributed by atoms with van der Waals surface area (Å²) in [6.45, 7) is -3.65. The summed E-state index contributed by atoms with van der Waals surface area (Å²) in [5.41, 5.74) is -3.29. The molecule has 0 saturated heterocycles. The van der Waals surface area contributed by atoms with E-state index in [1.807, 2.05) is 0 Å². The molecular formula is C19H12F7N3O. The van der Waals surface area contributed by atoms with Gasteiger partial charge >= 0.3 is 12.8 Å². The highest BCUT2D eigenvalue weighted by Gasteiger charge is 2.50. The Morgan fingerprint density at radius 2 is 2.03 bits per heavy atom. The first kappa shape index (κ1) is 20.3. The summed E-state index contributed by atoms with van der Waals surface area (Å²) in [6.07, 6.45) is -5.64. The summed E-state index contributed by atoms with van der Waals surface area (Å²) >= 11 is 0. The van der Waals surface area contributed by atoms with E-state index < -0.39 is 41.6 Å². The van der Waals surface area contributed by atoms with Crippen molar-refractivity contribution in [2.45, 2.75) is 37.3 Å². The fraction of sp³-hybridized carbons (Fsp3) is 0.368. The van der Waals surface area contributed by atoms with Crippen LogP contribution in [-0.4, -0.2) is 30.1 Å². The molecule has 1 spiro atoms. The SMILES string of the molecule is N#Cc1ccc2c(c1F)[C@@H](F)CC[C@@]21CN2C=C(C(F)(F)F)C=C(OC(F)F)C2=N1. The number of rotatable bonds is 2. The second kappa shape index (κ2) is 6.75. The lowest BCUT2D eigenvalue weighted by atomic mass is 9.75. The second-order valence-electron chi connectivity index (χ2n) is 7.07. The van der Waals surface area contributed by atoms with Crippen molar-refractivity contribution >= 4 is 5.84 Å². The van der Waals surface area contributed by atoms with Gasteiger partial charge in [0.15, 0.2) is 11.6 Å². The van der Waals surface area contributed by atoms with Crippen LogP contribution in [-0.2, 0) is 10.3 Å². The molecule has 2 heterocycles. The van der Waals surface area contributed by atoms with E-state index >= 15 is 0 Å². The van der Waals surface area contributed by atoms with Crippen LogP contribution >= 0.6 is 0 Å². The van der Waals surface area contributed by atoms with Gasteiger partial charge in [-0.05, 0) is 30.5 Å². The van der Waals surface area contributed by atoms with Crippen molar-refractivity contribution in [1.29, 1.82) is 5.26 Å². The number of halogens is 7. The van der Waals surface area contributed by atoms with E-state index in [-0.39, 0.29) is 41.9 Å². The number of aliphatic imine (C=N–C) groups is 1. The predicted octanol–water partition coefficient (Wildman–Crippen LogP) is 4.99. The molecule has 0 fully saturated rings. The zero-order valence-electron chi connectivity index (χ0n) is 15.0. The normalized spacial score (nSPS) is 25.4. The summed E-state index contributed by atoms with van der Waals surface area (Å²) in [7, 11) is 0. The van der Waals surface area contributed by atoms with Gasteiger partial charge in [-0.2, -0.15) is 27.2 Å². The Kier molecular flexibility index (Phi) is 4.56. The van der Waals surface area contributed by atoms with Crippen molar-refractivity contribution in [3.63, 3.8) is 0 Å². The molecule has 1 aliphatic carbocycles. The molecular weight excluding hydrogens is 419 g/mol. The molecule has 2 aliphatic heterocycles. The van der Waals surface area contributed by atoms with E-state index in [1.54, 1.807) is 6.07 Å². The van der Waals surface area contributed by atoms with Crippen molar-refractivity contribution in [2.75, 3.05) is 6.54 Å². The highest BCUT2D eigenvalue weighted by atomic mass is 19.4. The molecule has 0 aromatic heterocycles. The fourth-order valence-electron chi connectivity index (χ4n) is 4.03. The minimum Gasteiger partial charge on any atom is -0.431 e. The lowest BCUT2D eigenvalue weighted by molar-refractivity contribution is -0.0981. The van der Waals surface area contributed by atoms with E-state index in [1.165, 1.54) is 6.07 Å². The maximum absolute atomic E-state index is 14.7. The van der Waals surface area contributed by atoms with Crippen LogP contribution in [0.5, 0.6) is 0 Å². The van der Waals surface area contributed by atoms with Crippen LogP contribution in [0.25, 0.3) is 0 Å². The number of allylic oxidation sites excluding steroid dienone is 2. The van der Waals surface area contributed by atoms with Crippen molar-refractivity contribution < 1.29 is 35.5 Å². The maximum atomic E-state index is 14.7. The van der Waals surface area contributed by atoms with Gasteiger partial charge < -0.3 is 9.64 Å². The van der Waals surface area contributed by atoms with Gasteiger partial charge in [0.25, 0.3) is 0 Å². The van der Waals surface area contributed by atoms with Gasteiger partial charge in [-0.3, -0.25) is 4.99 Å². The lowest BCUT2D eigenvalue weighted by Crippen LogP contribution is -2.37. The number of hydrogen-bond donors (Lipinski definition) is 0. The number of amidine groups is 1. The molecule has 4 nitrogen and oxygen atoms in total. The molecule has 0 bridgehead atoms. The first-order chi connectivity index (χ1) is 14.1. The third-order valence-corrected chi connectivity index (χ3v) is 5.30. The Morgan fingerprint density at radius 3 is 2.67 bits per heavy atom. The Bertz CT molecular complexity index is 1040. The number of alkyl halides is 6. The summed E-state index contributed by atoms with van der Waals surface area (Å²) in [6, 6.07) is 4.05. The summed E-state index contributed by atoms with van der Waals surface area (Å²) < 4.78 is 98.7. The summed E-state index contributed by atoms with van der Waals surface area (Å²) in [4.78, 5) is 5.31. The van der Waals surface area contributed by atoms with E-state index in [0.717, 1.165) is 11.0 Å². The van der Waals surface area contributed by atoms with Crippen LogP contribution in [0.1, 0.15) is 35.7 Å². The average molecular weight is 431 g/mol. The van der Waals surface area contributed by atoms with Gasteiger partial charge in [0.05, 0.1) is 17.7 Å². The monoisotopic (exact) mass is 431 g/mol. The van der Waals surface area contributed by atoms with E-state index in [0.29, 0.717) is 12.3 Å². The first-order valence-corrected chi connectivity index (χ1v) is 8.75. The number of ether oxygens (including phenoxy) is 1. The largest absolute Gasteiger partial charge is 0.431 e. The Balaban J connectivity index is 1.85. The average Bonchev–Trinajstić information content (AvgIpc) is 3.03. The maximum Gasteiger partial charge on any atom is 0.417 e. The van der Waals surface area contributed by atoms with E-state index in [4.69, 9.17) is 5.26 Å². The van der Waals surface area contributed by atoms with Crippen molar-refractivity contribution in [3.05, 3.63) is 58.2 Å². The third kappa shape index (κ3) is 3.11. The lowest BCUT2D eigenvalue weighted by Gasteiger charge is -2.35. The molecule has 11 heteroatoms. The van der Waals surface area contributed by atoms with Crippen LogP contribution < -0.4 is 0 Å². The number of nitriles is 1. The van der Waals surface area contributed by atoms with Crippen LogP contribution in [0, 0.1) is 17.1 Å². The van der Waals surface area contributed by atoms with Gasteiger partial charge in [-0.15, -0.1) is 0 Å². The molecule has 30 heavy (non-hydrogen) atoms. The Hall–Kier alpha value is -3.03. The van der Waals surface area contributed by atoms with Crippen molar-refractivity contribution in [1.82, 2.24) is 4.90 Å². The zero-order chi connectivity index (χ0) is 21.8. The van der Waals surface area contributed by atoms with Crippen molar-refractivity contribution in [2.24, 2.45) is 4.99 Å². The van der Waals surface area contributed by atoms with E-state index in [2.05, 4.69) is 9.73 Å². The Labute approximate surface area is 165 Å². The van der Waals surface area contributed by atoms with Crippen LogP contribution in [0.4, 0.5) is 30.7 Å². The van der Waals surface area contributed by atoms with Crippen LogP contribution in [0.3, 0.4) is 0 Å². The standard InChI is InChI=1S/C19H12F7N3O/c20-12-3-4-18(11-2-1-9(6-27)15(21)14(11)12)8-29-7-10(19(24,25)26)5-13(16(29)28-18)30-17(22)23/h1-2,5,7,12,17H,3-4,8H2/t12-,18+/m0/s1. The van der Waals surface area contributed by atoms with Crippen LogP contribution in [0.15, 0.2) is 40.7 Å². The fourth-order valence-corrected chi connectivity index (χ4v) is 4.03. The number of fused-ring (bicyclic) bond motifs is 3. The molecule has 1 aromatic carbocycles. The molecule has 0 amide bonds. The van der Waals surface area contributed by atoms with E-state index in [9.17, 15) is 30.7 Å². The molecule has 4 rings (SSSR count). The van der Waals surface area contributed by atoms with Gasteiger partial charge in [0, 0.05) is 11.8 Å². The topological polar surface area (TPSA) is 48.6 Å². The first-order valence-electron chi connectivity index (χ1n) is 8.75. The minimum absolute atomic E-state index is 0.00363. The smallest absolute Gasteiger partial charge is 0.417 e. The predicted molar refractivity (Wildman–Crippen MR) is 89.3 cm³/mol. The minimum atomic E-state index is -4.83. The van der Waals surface area contributed by atoms with Gasteiger partial charge in [-0.1, -0.05) is 6.07 Å². The molecule has 3 aliphatic rings. The second-order valence-corrected chi connectivity index (χ2v) is 7.07. The quantitative estimate of drug-likeness (QED) is 0.620. The Morgan fingerprint density at radius 1 is 1.30 bits per heavy atom. The molecule has 0 radical (unpaired) electrons. The number of benzene rings is 1. The molecule has 158 valence electrons. The van der Waals surface area contributed by atoms with Gasteiger partial charge in [0.1, 0.15) is 23.6 Å². The third-order valence-electron chi connectivity index (χ3n) is 5.30. The molecule has 0 N–H and O–H groups in total. The van der Waals surface area contributed by atoms with Crippen molar-refractivity contribution in [3.8, 4) is 6.07 Å². The van der Waals surface area contributed by atoms with Gasteiger partial charge in [-0.25, -0.2) is 8.78 Å². The van der Waals surface area contributed by atoms with Crippen LogP contribution in [0.2, 0.25) is 0 Å². The number of nitrogens with zero attached hydrogens (tertiary/aromatic N) is 3. The molecule has 0 saturated carbocycles. The highest BCUT2D eigenvalue weighted by Crippen LogP contribution is 2.50. The molecule has 1 aromatic rings. The zero-order valence-corrected chi connectivity index (χ0v) is 15.0. The van der Waals surface area contributed by atoms with Gasteiger partial charge in [0.2, 0.25) is 0 Å². The highest BCUT2D eigenvalue weighted by molar-refractivity contribution is 6.00. The molecule has 2 atom stereocenters. The summed E-state index contributed by atoms with van der Waals surface area (Å²) in [5.74, 6) is -2.12. The summed E-state index contributed by atoms with van der Waals surface area (Å²) in [5, 5.41) is 9.00. The number of hydrogen-bond acceptors (Lipinski definition) is 4. The molecule has 0 unspecified atom stereocenters.